The maximum atomic E-state index is 5.90. The Hall–Kier alpha value is -1.46. The van der Waals surface area contributed by atoms with Crippen LogP contribution in [0.15, 0.2) is 18.2 Å². The summed E-state index contributed by atoms with van der Waals surface area (Å²) in [6.45, 7) is 6.31. The molecule has 0 saturated carbocycles. The summed E-state index contributed by atoms with van der Waals surface area (Å²) in [6.07, 6.45) is 0. The first kappa shape index (κ1) is 13.5. The van der Waals surface area contributed by atoms with Gasteiger partial charge in [0.15, 0.2) is 11.5 Å². The van der Waals surface area contributed by atoms with Crippen LogP contribution in [-0.4, -0.2) is 69.3 Å². The van der Waals surface area contributed by atoms with Crippen LogP contribution < -0.4 is 14.8 Å². The number of para-hydroxylation sites is 1. The summed E-state index contributed by atoms with van der Waals surface area (Å²) >= 11 is 0. The molecule has 1 aromatic rings. The van der Waals surface area contributed by atoms with Gasteiger partial charge in [-0.05, 0) is 19.2 Å². The fraction of sp³-hybridized carbons (Fsp3) is 0.600. The van der Waals surface area contributed by atoms with Gasteiger partial charge in [-0.15, -0.1) is 0 Å². The van der Waals surface area contributed by atoms with Gasteiger partial charge in [-0.25, -0.2) is 0 Å². The molecule has 1 atom stereocenters. The van der Waals surface area contributed by atoms with Crippen molar-refractivity contribution in [1.82, 2.24) is 9.80 Å². The average Bonchev–Trinajstić information content (AvgIpc) is 2.49. The Morgan fingerprint density at radius 3 is 2.85 bits per heavy atom. The lowest BCUT2D eigenvalue weighted by Crippen LogP contribution is -2.50. The van der Waals surface area contributed by atoms with E-state index in [-0.39, 0.29) is 0 Å². The van der Waals surface area contributed by atoms with E-state index in [9.17, 15) is 0 Å². The first-order valence-electron chi connectivity index (χ1n) is 7.23. The monoisotopic (exact) mass is 277 g/mol. The number of hydrogen-bond donors (Lipinski definition) is 1. The summed E-state index contributed by atoms with van der Waals surface area (Å²) < 4.78 is 11.2. The lowest BCUT2D eigenvalue weighted by molar-refractivity contribution is 0.137. The normalized spacial score (nSPS) is 23.6. The Morgan fingerprint density at radius 2 is 2.10 bits per heavy atom. The molecule has 110 valence electrons. The van der Waals surface area contributed by atoms with Gasteiger partial charge in [0.1, 0.15) is 6.61 Å². The van der Waals surface area contributed by atoms with Gasteiger partial charge >= 0.3 is 0 Å². The number of hydrogen-bond acceptors (Lipinski definition) is 5. The van der Waals surface area contributed by atoms with Crippen molar-refractivity contribution in [3.8, 4) is 11.5 Å². The van der Waals surface area contributed by atoms with Crippen molar-refractivity contribution < 1.29 is 9.47 Å². The number of nitrogens with one attached hydrogen (secondary N) is 1. The third kappa shape index (κ3) is 2.83. The summed E-state index contributed by atoms with van der Waals surface area (Å²) in [5.74, 6) is 1.64. The van der Waals surface area contributed by atoms with Gasteiger partial charge in [0.05, 0.1) is 18.8 Å². The van der Waals surface area contributed by atoms with Gasteiger partial charge < -0.3 is 19.7 Å². The second-order valence-corrected chi connectivity index (χ2v) is 5.59. The molecule has 2 heterocycles. The van der Waals surface area contributed by atoms with E-state index in [0.717, 1.165) is 49.9 Å². The number of nitrogens with zero attached hydrogens (tertiary/aromatic N) is 2. The van der Waals surface area contributed by atoms with E-state index in [1.54, 1.807) is 7.11 Å². The molecule has 2 aliphatic heterocycles. The number of piperazine rings is 1. The molecule has 0 bridgehead atoms. The van der Waals surface area contributed by atoms with Crippen molar-refractivity contribution in [2.75, 3.05) is 58.8 Å². The molecule has 20 heavy (non-hydrogen) atoms. The second-order valence-electron chi connectivity index (χ2n) is 5.59. The van der Waals surface area contributed by atoms with Crippen molar-refractivity contribution >= 4 is 5.69 Å². The minimum absolute atomic E-state index is 0.345. The highest BCUT2D eigenvalue weighted by molar-refractivity contribution is 5.64. The quantitative estimate of drug-likeness (QED) is 0.896. The lowest BCUT2D eigenvalue weighted by atomic mass is 10.1. The van der Waals surface area contributed by atoms with E-state index in [1.165, 1.54) is 0 Å². The van der Waals surface area contributed by atoms with E-state index < -0.39 is 0 Å². The third-order valence-electron chi connectivity index (χ3n) is 4.06. The molecule has 3 rings (SSSR count). The molecule has 0 aliphatic carbocycles. The first-order chi connectivity index (χ1) is 9.76. The van der Waals surface area contributed by atoms with E-state index in [1.807, 2.05) is 18.2 Å². The molecule has 1 N–H and O–H groups in total. The number of benzene rings is 1. The number of methoxy groups -OCH3 is 1. The molecule has 0 aromatic heterocycles. The van der Waals surface area contributed by atoms with Crippen LogP contribution in [0.2, 0.25) is 0 Å². The van der Waals surface area contributed by atoms with Crippen LogP contribution in [0.1, 0.15) is 0 Å². The van der Waals surface area contributed by atoms with Crippen molar-refractivity contribution in [2.45, 2.75) is 6.04 Å². The van der Waals surface area contributed by atoms with Crippen LogP contribution in [0.4, 0.5) is 5.69 Å². The maximum Gasteiger partial charge on any atom is 0.184 e. The largest absolute Gasteiger partial charge is 0.493 e. The molecule has 0 radical (unpaired) electrons. The van der Waals surface area contributed by atoms with Gasteiger partial charge in [0.2, 0.25) is 0 Å². The minimum Gasteiger partial charge on any atom is -0.493 e. The lowest BCUT2D eigenvalue weighted by Gasteiger charge is -2.36. The Morgan fingerprint density at radius 1 is 1.30 bits per heavy atom. The fourth-order valence-electron chi connectivity index (χ4n) is 2.83. The summed E-state index contributed by atoms with van der Waals surface area (Å²) in [6, 6.07) is 6.32. The SMILES string of the molecule is COc1cccc2c1OCC(CN1CCN(C)CC1)N2. The van der Waals surface area contributed by atoms with Crippen molar-refractivity contribution in [3.63, 3.8) is 0 Å². The topological polar surface area (TPSA) is 37.0 Å². The second kappa shape index (κ2) is 5.89. The number of anilines is 1. The molecule has 2 aliphatic rings. The zero-order valence-electron chi connectivity index (χ0n) is 12.3. The van der Waals surface area contributed by atoms with E-state index in [0.29, 0.717) is 12.6 Å². The summed E-state index contributed by atoms with van der Waals surface area (Å²) in [5, 5.41) is 3.57. The van der Waals surface area contributed by atoms with Crippen LogP contribution in [0.5, 0.6) is 11.5 Å². The summed E-state index contributed by atoms with van der Waals surface area (Å²) in [7, 11) is 3.86. The van der Waals surface area contributed by atoms with Crippen LogP contribution in [0.3, 0.4) is 0 Å². The van der Waals surface area contributed by atoms with Gasteiger partial charge in [0, 0.05) is 32.7 Å². The Kier molecular flexibility index (Phi) is 3.98. The Balaban J connectivity index is 1.61. The van der Waals surface area contributed by atoms with E-state index in [2.05, 4.69) is 22.2 Å². The molecule has 1 aromatic carbocycles. The zero-order chi connectivity index (χ0) is 13.9. The average molecular weight is 277 g/mol. The molecular formula is C15H23N3O2. The molecular weight excluding hydrogens is 254 g/mol. The number of rotatable bonds is 3. The zero-order valence-corrected chi connectivity index (χ0v) is 12.3. The van der Waals surface area contributed by atoms with Gasteiger partial charge in [0.25, 0.3) is 0 Å². The first-order valence-corrected chi connectivity index (χ1v) is 7.23. The van der Waals surface area contributed by atoms with Gasteiger partial charge in [-0.3, -0.25) is 4.90 Å². The smallest absolute Gasteiger partial charge is 0.184 e. The number of ether oxygens (including phenoxy) is 2. The molecule has 5 heteroatoms. The molecule has 1 unspecified atom stereocenters. The third-order valence-corrected chi connectivity index (χ3v) is 4.06. The Bertz CT molecular complexity index is 458. The van der Waals surface area contributed by atoms with Crippen molar-refractivity contribution in [2.24, 2.45) is 0 Å². The van der Waals surface area contributed by atoms with Crippen molar-refractivity contribution in [1.29, 1.82) is 0 Å². The van der Waals surface area contributed by atoms with E-state index in [4.69, 9.17) is 9.47 Å². The van der Waals surface area contributed by atoms with E-state index >= 15 is 0 Å². The van der Waals surface area contributed by atoms with Crippen LogP contribution in [-0.2, 0) is 0 Å². The highest BCUT2D eigenvalue weighted by Crippen LogP contribution is 2.37. The maximum absolute atomic E-state index is 5.90. The fourth-order valence-corrected chi connectivity index (χ4v) is 2.83. The highest BCUT2D eigenvalue weighted by Gasteiger charge is 2.24. The van der Waals surface area contributed by atoms with Crippen LogP contribution >= 0.6 is 0 Å². The molecule has 0 spiro atoms. The van der Waals surface area contributed by atoms with Gasteiger partial charge in [-0.1, -0.05) is 6.07 Å². The van der Waals surface area contributed by atoms with Crippen LogP contribution in [0.25, 0.3) is 0 Å². The standard InChI is InChI=1S/C15H23N3O2/c1-17-6-8-18(9-7-17)10-12-11-20-15-13(16-12)4-3-5-14(15)19-2/h3-5,12,16H,6-11H2,1-2H3. The Labute approximate surface area is 120 Å². The molecule has 0 amide bonds. The molecule has 1 saturated heterocycles. The minimum atomic E-state index is 0.345. The summed E-state index contributed by atoms with van der Waals surface area (Å²) in [5.41, 5.74) is 1.04. The number of fused-ring (bicyclic) bond motifs is 1. The predicted molar refractivity (Wildman–Crippen MR) is 79.8 cm³/mol. The molecule has 1 fully saturated rings. The predicted octanol–water partition coefficient (Wildman–Crippen LogP) is 1.12. The highest BCUT2D eigenvalue weighted by atomic mass is 16.5. The van der Waals surface area contributed by atoms with Crippen molar-refractivity contribution in [3.05, 3.63) is 18.2 Å². The van der Waals surface area contributed by atoms with Crippen LogP contribution in [0, 0.1) is 0 Å². The van der Waals surface area contributed by atoms with Gasteiger partial charge in [-0.2, -0.15) is 0 Å². The summed E-state index contributed by atoms with van der Waals surface area (Å²) in [4.78, 5) is 4.88. The molecule has 5 nitrogen and oxygen atoms in total. The number of likely N-dealkylation sites (N-methyl/N-ethyl adjacent to an activating group) is 1.